The van der Waals surface area contributed by atoms with Gasteiger partial charge in [-0.25, -0.2) is 9.37 Å². The van der Waals surface area contributed by atoms with Crippen LogP contribution in [0, 0.1) is 5.82 Å². The second kappa shape index (κ2) is 9.81. The molecule has 0 atom stereocenters. The van der Waals surface area contributed by atoms with E-state index in [4.69, 9.17) is 0 Å². The van der Waals surface area contributed by atoms with Crippen LogP contribution in [0.25, 0.3) is 5.69 Å². The molecule has 2 N–H and O–H groups in total. The van der Waals surface area contributed by atoms with E-state index in [2.05, 4.69) is 25.8 Å². The average molecular weight is 475 g/mol. The van der Waals surface area contributed by atoms with E-state index >= 15 is 0 Å². The van der Waals surface area contributed by atoms with Gasteiger partial charge in [0.25, 0.3) is 5.91 Å². The molecule has 158 valence electrons. The predicted molar refractivity (Wildman–Crippen MR) is 118 cm³/mol. The quantitative estimate of drug-likeness (QED) is 0.379. The van der Waals surface area contributed by atoms with Gasteiger partial charge >= 0.3 is 0 Å². The van der Waals surface area contributed by atoms with E-state index in [1.165, 1.54) is 46.6 Å². The first-order valence-electron chi connectivity index (χ1n) is 8.94. The summed E-state index contributed by atoms with van der Waals surface area (Å²) in [5.41, 5.74) is 0.620. The lowest BCUT2D eigenvalue weighted by atomic mass is 10.3. The number of nitrogens with zero attached hydrogens (tertiary/aromatic N) is 4. The number of anilines is 1. The standard InChI is InChI=1S/C19H15FN6O2S3/c20-12-3-5-13(6-4-12)26-15(10-22-17(28)14-2-1-8-29-14)24-25-19(26)31-11-16(27)23-18-21-7-9-30-18/h1-9H,10-11H2,(H,22,28)(H,21,23,27). The minimum absolute atomic E-state index is 0.0838. The van der Waals surface area contributed by atoms with E-state index in [0.717, 1.165) is 0 Å². The number of thioether (sulfide) groups is 1. The van der Waals surface area contributed by atoms with Crippen LogP contribution in [0.5, 0.6) is 0 Å². The van der Waals surface area contributed by atoms with Crippen LogP contribution >= 0.6 is 34.4 Å². The van der Waals surface area contributed by atoms with Crippen LogP contribution in [-0.2, 0) is 11.3 Å². The maximum atomic E-state index is 13.4. The van der Waals surface area contributed by atoms with E-state index in [0.29, 0.717) is 26.7 Å². The number of thiazole rings is 1. The number of carbonyl (C=O) groups excluding carboxylic acids is 2. The molecule has 3 aromatic heterocycles. The molecule has 31 heavy (non-hydrogen) atoms. The SMILES string of the molecule is O=C(CSc1nnc(CNC(=O)c2cccs2)n1-c1ccc(F)cc1)Nc1nccs1. The smallest absolute Gasteiger partial charge is 0.261 e. The highest BCUT2D eigenvalue weighted by atomic mass is 32.2. The minimum atomic E-state index is -0.374. The number of aromatic nitrogens is 4. The van der Waals surface area contributed by atoms with Crippen molar-refractivity contribution in [3.05, 3.63) is 69.9 Å². The zero-order valence-corrected chi connectivity index (χ0v) is 18.3. The predicted octanol–water partition coefficient (Wildman–Crippen LogP) is 3.59. The summed E-state index contributed by atoms with van der Waals surface area (Å²) in [6.45, 7) is 0.118. The molecular formula is C19H15FN6O2S3. The van der Waals surface area contributed by atoms with Crippen molar-refractivity contribution >= 4 is 51.4 Å². The molecule has 0 fully saturated rings. The van der Waals surface area contributed by atoms with Crippen LogP contribution in [-0.4, -0.2) is 37.3 Å². The number of hydrogen-bond donors (Lipinski definition) is 2. The van der Waals surface area contributed by atoms with Gasteiger partial charge in [-0.2, -0.15) is 0 Å². The van der Waals surface area contributed by atoms with E-state index < -0.39 is 0 Å². The fourth-order valence-corrected chi connectivity index (χ4v) is 4.54. The molecule has 0 aliphatic carbocycles. The van der Waals surface area contributed by atoms with Gasteiger partial charge in [-0.3, -0.25) is 14.2 Å². The molecule has 3 heterocycles. The Balaban J connectivity index is 1.51. The molecule has 0 saturated carbocycles. The monoisotopic (exact) mass is 474 g/mol. The molecular weight excluding hydrogens is 459 g/mol. The first kappa shape index (κ1) is 21.2. The zero-order chi connectivity index (χ0) is 21.6. The Hall–Kier alpha value is -3.09. The highest BCUT2D eigenvalue weighted by Crippen LogP contribution is 2.23. The van der Waals surface area contributed by atoms with Gasteiger partial charge in [0.15, 0.2) is 16.1 Å². The molecule has 8 nitrogen and oxygen atoms in total. The van der Waals surface area contributed by atoms with Crippen molar-refractivity contribution < 1.29 is 14.0 Å². The van der Waals surface area contributed by atoms with E-state index in [1.807, 2.05) is 5.38 Å². The minimum Gasteiger partial charge on any atom is -0.344 e. The van der Waals surface area contributed by atoms with Gasteiger partial charge in [-0.05, 0) is 35.7 Å². The number of rotatable bonds is 8. The molecule has 0 radical (unpaired) electrons. The Labute approximate surface area is 188 Å². The van der Waals surface area contributed by atoms with Gasteiger partial charge in [0.2, 0.25) is 5.91 Å². The topological polar surface area (TPSA) is 102 Å². The van der Waals surface area contributed by atoms with Crippen molar-refractivity contribution in [3.63, 3.8) is 0 Å². The summed E-state index contributed by atoms with van der Waals surface area (Å²) in [5, 5.41) is 18.4. The Bertz CT molecular complexity index is 1160. The zero-order valence-electron chi connectivity index (χ0n) is 15.8. The molecule has 0 unspecified atom stereocenters. The summed E-state index contributed by atoms with van der Waals surface area (Å²) in [4.78, 5) is 29.1. The summed E-state index contributed by atoms with van der Waals surface area (Å²) in [6, 6.07) is 9.35. The summed E-state index contributed by atoms with van der Waals surface area (Å²) in [6.07, 6.45) is 1.61. The number of carbonyl (C=O) groups is 2. The van der Waals surface area contributed by atoms with Crippen molar-refractivity contribution in [2.45, 2.75) is 11.7 Å². The van der Waals surface area contributed by atoms with Crippen LogP contribution in [0.15, 0.2) is 58.5 Å². The van der Waals surface area contributed by atoms with Gasteiger partial charge in [0.1, 0.15) is 5.82 Å². The lowest BCUT2D eigenvalue weighted by molar-refractivity contribution is -0.113. The van der Waals surface area contributed by atoms with Crippen LogP contribution in [0.2, 0.25) is 0 Å². The molecule has 4 aromatic rings. The molecule has 12 heteroatoms. The highest BCUT2D eigenvalue weighted by Gasteiger charge is 2.17. The number of hydrogen-bond acceptors (Lipinski definition) is 8. The number of nitrogens with one attached hydrogen (secondary N) is 2. The number of amides is 2. The van der Waals surface area contributed by atoms with Crippen molar-refractivity contribution in [3.8, 4) is 5.69 Å². The second-order valence-electron chi connectivity index (χ2n) is 6.04. The Morgan fingerprint density at radius 2 is 1.94 bits per heavy atom. The Kier molecular flexibility index (Phi) is 6.70. The van der Waals surface area contributed by atoms with Crippen molar-refractivity contribution in [1.82, 2.24) is 25.1 Å². The number of benzene rings is 1. The Morgan fingerprint density at radius 3 is 2.65 bits per heavy atom. The third kappa shape index (κ3) is 5.34. The second-order valence-corrected chi connectivity index (χ2v) is 8.83. The lowest BCUT2D eigenvalue weighted by Crippen LogP contribution is -2.24. The first-order chi connectivity index (χ1) is 15.1. The molecule has 1 aromatic carbocycles. The molecule has 4 rings (SSSR count). The van der Waals surface area contributed by atoms with Gasteiger partial charge in [-0.15, -0.1) is 32.9 Å². The van der Waals surface area contributed by atoms with Crippen LogP contribution in [0.1, 0.15) is 15.5 Å². The largest absolute Gasteiger partial charge is 0.344 e. The van der Waals surface area contributed by atoms with E-state index in [9.17, 15) is 14.0 Å². The van der Waals surface area contributed by atoms with Crippen molar-refractivity contribution in [1.29, 1.82) is 0 Å². The highest BCUT2D eigenvalue weighted by molar-refractivity contribution is 7.99. The maximum absolute atomic E-state index is 13.4. The fraction of sp³-hybridized carbons (Fsp3) is 0.105. The first-order valence-corrected chi connectivity index (χ1v) is 11.7. The van der Waals surface area contributed by atoms with Gasteiger partial charge < -0.3 is 10.6 Å². The maximum Gasteiger partial charge on any atom is 0.261 e. The number of thiophene rings is 1. The summed E-state index contributed by atoms with van der Waals surface area (Å²) in [5.74, 6) is -0.289. The third-order valence-electron chi connectivity index (χ3n) is 3.95. The molecule has 2 amide bonds. The number of halogens is 1. The van der Waals surface area contributed by atoms with E-state index in [1.54, 1.807) is 40.4 Å². The average Bonchev–Trinajstić information content (AvgIpc) is 3.53. The third-order valence-corrected chi connectivity index (χ3v) is 6.43. The summed E-state index contributed by atoms with van der Waals surface area (Å²) in [7, 11) is 0. The van der Waals surface area contributed by atoms with E-state index in [-0.39, 0.29) is 29.9 Å². The van der Waals surface area contributed by atoms with Crippen LogP contribution < -0.4 is 10.6 Å². The fourth-order valence-electron chi connectivity index (χ4n) is 2.58. The van der Waals surface area contributed by atoms with Crippen molar-refractivity contribution in [2.24, 2.45) is 0 Å². The summed E-state index contributed by atoms with van der Waals surface area (Å²) < 4.78 is 15.1. The van der Waals surface area contributed by atoms with Gasteiger partial charge in [0, 0.05) is 17.3 Å². The van der Waals surface area contributed by atoms with Crippen LogP contribution in [0.3, 0.4) is 0 Å². The molecule has 0 aliphatic rings. The Morgan fingerprint density at radius 1 is 1.10 bits per heavy atom. The van der Waals surface area contributed by atoms with Crippen LogP contribution in [0.4, 0.5) is 9.52 Å². The lowest BCUT2D eigenvalue weighted by Gasteiger charge is -2.11. The summed E-state index contributed by atoms with van der Waals surface area (Å²) >= 11 is 3.84. The van der Waals surface area contributed by atoms with Crippen molar-refractivity contribution in [2.75, 3.05) is 11.1 Å². The molecule has 0 spiro atoms. The van der Waals surface area contributed by atoms with Gasteiger partial charge in [-0.1, -0.05) is 17.8 Å². The molecule has 0 bridgehead atoms. The molecule has 0 aliphatic heterocycles. The normalized spacial score (nSPS) is 10.7. The molecule has 0 saturated heterocycles. The van der Waals surface area contributed by atoms with Gasteiger partial charge in [0.05, 0.1) is 17.2 Å².